The minimum atomic E-state index is -0.546. The molecule has 0 fully saturated rings. The Morgan fingerprint density at radius 1 is 1.35 bits per heavy atom. The number of esters is 1. The number of Topliss-reactive ketones (excluding diaryl/α,β-unsaturated/α-hetero) is 1. The largest absolute Gasteiger partial charge is 0.461 e. The molecule has 0 saturated heterocycles. The van der Waals surface area contributed by atoms with Crippen molar-refractivity contribution >= 4 is 28.2 Å². The second-order valence-electron chi connectivity index (χ2n) is 5.23. The van der Waals surface area contributed by atoms with E-state index in [9.17, 15) is 9.59 Å². The van der Waals surface area contributed by atoms with E-state index in [0.29, 0.717) is 10.0 Å². The Morgan fingerprint density at radius 3 is 2.50 bits per heavy atom. The maximum Gasteiger partial charge on any atom is 0.358 e. The minimum absolute atomic E-state index is 0.110. The smallest absolute Gasteiger partial charge is 0.358 e. The zero-order valence-electron chi connectivity index (χ0n) is 12.7. The van der Waals surface area contributed by atoms with Crippen LogP contribution in [0, 0.1) is 0 Å². The maximum atomic E-state index is 11.8. The van der Waals surface area contributed by atoms with Crippen LogP contribution < -0.4 is 5.32 Å². The Morgan fingerprint density at radius 2 is 2.00 bits per heavy atom. The number of ether oxygens (including phenoxy) is 1. The molecule has 0 aliphatic carbocycles. The second kappa shape index (κ2) is 6.83. The molecule has 0 atom stereocenters. The summed E-state index contributed by atoms with van der Waals surface area (Å²) in [4.78, 5) is 28.0. The summed E-state index contributed by atoms with van der Waals surface area (Å²) in [5, 5.41) is 3.86. The predicted octanol–water partition coefficient (Wildman–Crippen LogP) is 3.51. The first kappa shape index (κ1) is 16.6. The Bertz CT molecular complexity index is 495. The summed E-state index contributed by atoms with van der Waals surface area (Å²) >= 11 is 1.20. The van der Waals surface area contributed by atoms with Gasteiger partial charge in [0.05, 0.1) is 6.61 Å². The van der Waals surface area contributed by atoms with E-state index in [1.165, 1.54) is 18.3 Å². The predicted molar refractivity (Wildman–Crippen MR) is 80.7 cm³/mol. The van der Waals surface area contributed by atoms with Gasteiger partial charge in [0.1, 0.15) is 4.88 Å². The van der Waals surface area contributed by atoms with E-state index < -0.39 is 5.97 Å². The quantitative estimate of drug-likeness (QED) is 0.616. The number of thiazole rings is 1. The topological polar surface area (TPSA) is 68.3 Å². The van der Waals surface area contributed by atoms with Crippen LogP contribution in [0.25, 0.3) is 0 Å². The van der Waals surface area contributed by atoms with Gasteiger partial charge in [-0.25, -0.2) is 9.78 Å². The molecule has 1 rings (SSSR count). The molecule has 0 aliphatic rings. The van der Waals surface area contributed by atoms with Gasteiger partial charge in [-0.05, 0) is 27.2 Å². The fraction of sp³-hybridized carbons (Fsp3) is 0.643. The third kappa shape index (κ3) is 4.30. The zero-order chi connectivity index (χ0) is 15.3. The normalized spacial score (nSPS) is 11.2. The van der Waals surface area contributed by atoms with Gasteiger partial charge in [-0.2, -0.15) is 0 Å². The SMILES string of the molecule is CCCC(C)(C)Nc1nc(C(=O)OCC)c(C(C)=O)s1. The van der Waals surface area contributed by atoms with Crippen LogP contribution in [0.4, 0.5) is 5.13 Å². The van der Waals surface area contributed by atoms with Crippen molar-refractivity contribution in [1.29, 1.82) is 0 Å². The van der Waals surface area contributed by atoms with Gasteiger partial charge in [0.15, 0.2) is 16.6 Å². The summed E-state index contributed by atoms with van der Waals surface area (Å²) in [6, 6.07) is 0. The highest BCUT2D eigenvalue weighted by Crippen LogP contribution is 2.28. The van der Waals surface area contributed by atoms with Crippen LogP contribution in [-0.4, -0.2) is 28.9 Å². The van der Waals surface area contributed by atoms with Gasteiger partial charge >= 0.3 is 5.97 Å². The van der Waals surface area contributed by atoms with Crippen molar-refractivity contribution < 1.29 is 14.3 Å². The number of hydrogen-bond donors (Lipinski definition) is 1. The van der Waals surface area contributed by atoms with E-state index >= 15 is 0 Å². The number of nitrogens with one attached hydrogen (secondary N) is 1. The number of rotatable bonds is 7. The number of anilines is 1. The molecule has 0 radical (unpaired) electrons. The number of hydrogen-bond acceptors (Lipinski definition) is 6. The van der Waals surface area contributed by atoms with E-state index in [1.807, 2.05) is 0 Å². The van der Waals surface area contributed by atoms with Crippen molar-refractivity contribution in [1.82, 2.24) is 4.98 Å². The van der Waals surface area contributed by atoms with E-state index in [0.717, 1.165) is 12.8 Å². The molecule has 1 heterocycles. The Labute approximate surface area is 123 Å². The Kier molecular flexibility index (Phi) is 5.68. The number of aromatic nitrogens is 1. The highest BCUT2D eigenvalue weighted by molar-refractivity contribution is 7.17. The first-order valence-electron chi connectivity index (χ1n) is 6.77. The third-order valence-corrected chi connectivity index (χ3v) is 3.81. The molecule has 112 valence electrons. The van der Waals surface area contributed by atoms with Crippen molar-refractivity contribution in [2.75, 3.05) is 11.9 Å². The van der Waals surface area contributed by atoms with Gasteiger partial charge in [0.25, 0.3) is 0 Å². The third-order valence-electron chi connectivity index (χ3n) is 2.74. The minimum Gasteiger partial charge on any atom is -0.461 e. The number of nitrogens with zero attached hydrogens (tertiary/aromatic N) is 1. The van der Waals surface area contributed by atoms with E-state index in [2.05, 4.69) is 31.1 Å². The Hall–Kier alpha value is -1.43. The van der Waals surface area contributed by atoms with Crippen LogP contribution in [0.3, 0.4) is 0 Å². The average molecular weight is 298 g/mol. The average Bonchev–Trinajstić information content (AvgIpc) is 2.72. The molecule has 1 N–H and O–H groups in total. The zero-order valence-corrected chi connectivity index (χ0v) is 13.5. The van der Waals surface area contributed by atoms with Crippen molar-refractivity contribution in [3.05, 3.63) is 10.6 Å². The number of carbonyl (C=O) groups excluding carboxylic acids is 2. The lowest BCUT2D eigenvalue weighted by molar-refractivity contribution is 0.0517. The van der Waals surface area contributed by atoms with Crippen LogP contribution in [0.15, 0.2) is 0 Å². The molecular formula is C14H22N2O3S. The molecule has 1 aromatic heterocycles. The summed E-state index contributed by atoms with van der Waals surface area (Å²) in [7, 11) is 0. The molecule has 0 aliphatic heterocycles. The molecule has 1 aromatic rings. The lowest BCUT2D eigenvalue weighted by Crippen LogP contribution is -2.30. The van der Waals surface area contributed by atoms with Crippen LogP contribution in [0.1, 0.15) is 67.6 Å². The second-order valence-corrected chi connectivity index (χ2v) is 6.23. The van der Waals surface area contributed by atoms with Gasteiger partial charge in [0, 0.05) is 12.5 Å². The monoisotopic (exact) mass is 298 g/mol. The Balaban J connectivity index is 3.03. The van der Waals surface area contributed by atoms with Crippen molar-refractivity contribution in [3.8, 4) is 0 Å². The highest BCUT2D eigenvalue weighted by Gasteiger charge is 2.25. The van der Waals surface area contributed by atoms with Crippen LogP contribution >= 0.6 is 11.3 Å². The summed E-state index contributed by atoms with van der Waals surface area (Å²) < 4.78 is 4.93. The fourth-order valence-electron chi connectivity index (χ4n) is 1.93. The highest BCUT2D eigenvalue weighted by atomic mass is 32.1. The molecule has 0 spiro atoms. The molecule has 0 amide bonds. The van der Waals surface area contributed by atoms with Crippen molar-refractivity contribution in [2.24, 2.45) is 0 Å². The number of carbonyl (C=O) groups is 2. The lowest BCUT2D eigenvalue weighted by Gasteiger charge is -2.25. The molecule has 20 heavy (non-hydrogen) atoms. The van der Waals surface area contributed by atoms with Crippen LogP contribution in [-0.2, 0) is 4.74 Å². The summed E-state index contributed by atoms with van der Waals surface area (Å²) in [6.07, 6.45) is 2.01. The van der Waals surface area contributed by atoms with Crippen molar-refractivity contribution in [3.63, 3.8) is 0 Å². The van der Waals surface area contributed by atoms with E-state index in [1.54, 1.807) is 6.92 Å². The summed E-state index contributed by atoms with van der Waals surface area (Å²) in [6.45, 7) is 9.65. The summed E-state index contributed by atoms with van der Waals surface area (Å²) in [5.74, 6) is -0.720. The van der Waals surface area contributed by atoms with Gasteiger partial charge < -0.3 is 10.1 Å². The number of ketones is 1. The molecule has 0 saturated carbocycles. The fourth-order valence-corrected chi connectivity index (χ4v) is 2.95. The lowest BCUT2D eigenvalue weighted by atomic mass is 10.00. The van der Waals surface area contributed by atoms with E-state index in [-0.39, 0.29) is 23.6 Å². The maximum absolute atomic E-state index is 11.8. The van der Waals surface area contributed by atoms with Crippen LogP contribution in [0.2, 0.25) is 0 Å². The van der Waals surface area contributed by atoms with E-state index in [4.69, 9.17) is 4.74 Å². The van der Waals surface area contributed by atoms with Crippen LogP contribution in [0.5, 0.6) is 0 Å². The van der Waals surface area contributed by atoms with Crippen molar-refractivity contribution in [2.45, 2.75) is 53.0 Å². The molecule has 5 nitrogen and oxygen atoms in total. The first-order valence-corrected chi connectivity index (χ1v) is 7.59. The molecule has 0 bridgehead atoms. The van der Waals surface area contributed by atoms with Gasteiger partial charge in [-0.1, -0.05) is 24.7 Å². The standard InChI is InChI=1S/C14H22N2O3S/c1-6-8-14(4,5)16-13-15-10(12(18)19-7-2)11(20-13)9(3)17/h6-8H2,1-5H3,(H,15,16). The van der Waals surface area contributed by atoms with Gasteiger partial charge in [-0.3, -0.25) is 4.79 Å². The molecular weight excluding hydrogens is 276 g/mol. The molecule has 6 heteroatoms. The van der Waals surface area contributed by atoms with Gasteiger partial charge in [-0.15, -0.1) is 0 Å². The van der Waals surface area contributed by atoms with Gasteiger partial charge in [0.2, 0.25) is 0 Å². The first-order chi connectivity index (χ1) is 9.30. The molecule has 0 unspecified atom stereocenters. The molecule has 0 aromatic carbocycles. The summed E-state index contributed by atoms with van der Waals surface area (Å²) in [5.41, 5.74) is -0.0220.